The molecular weight excluding hydrogens is 338 g/mol. The van der Waals surface area contributed by atoms with Gasteiger partial charge in [0.2, 0.25) is 0 Å². The fraction of sp³-hybridized carbons (Fsp3) is 0.471. The van der Waals surface area contributed by atoms with Gasteiger partial charge in [-0.25, -0.2) is 10.1 Å². The van der Waals surface area contributed by atoms with Crippen LogP contribution in [-0.4, -0.2) is 59.5 Å². The molecule has 2 atom stereocenters. The number of benzene rings is 1. The lowest BCUT2D eigenvalue weighted by atomic mass is 9.98. The maximum atomic E-state index is 12.8. The Balaban J connectivity index is 1.80. The molecule has 2 fully saturated rings. The van der Waals surface area contributed by atoms with E-state index in [0.29, 0.717) is 49.9 Å². The van der Waals surface area contributed by atoms with Crippen LogP contribution in [0.15, 0.2) is 29.4 Å². The van der Waals surface area contributed by atoms with Gasteiger partial charge in [-0.2, -0.15) is 5.26 Å². The van der Waals surface area contributed by atoms with E-state index >= 15 is 0 Å². The third kappa shape index (κ3) is 3.65. The summed E-state index contributed by atoms with van der Waals surface area (Å²) >= 11 is 0. The molecule has 9 nitrogen and oxygen atoms in total. The third-order valence-electron chi connectivity index (χ3n) is 4.77. The molecule has 2 aliphatic rings. The Morgan fingerprint density at radius 1 is 1.38 bits per heavy atom. The van der Waals surface area contributed by atoms with Gasteiger partial charge in [0.15, 0.2) is 5.03 Å². The van der Waals surface area contributed by atoms with Crippen molar-refractivity contribution in [2.24, 2.45) is 16.9 Å². The summed E-state index contributed by atoms with van der Waals surface area (Å²) in [6, 6.07) is 8.16. The number of carbonyl (C=O) groups is 1. The Morgan fingerprint density at radius 2 is 2.12 bits per heavy atom. The monoisotopic (exact) mass is 357 g/mol. The van der Waals surface area contributed by atoms with E-state index in [1.165, 1.54) is 4.90 Å². The van der Waals surface area contributed by atoms with E-state index in [0.717, 1.165) is 0 Å². The van der Waals surface area contributed by atoms with Crippen molar-refractivity contribution in [1.82, 2.24) is 9.80 Å². The summed E-state index contributed by atoms with van der Waals surface area (Å²) in [6.45, 7) is 4.73. The standard InChI is InChI=1S/C17H19N5O4/c1-12-10-26-11-15(12)9-20-6-7-21(17(20)19-22(24)25)16(23)14-4-2-13(8-18)3-5-14/h2-5,12,15H,6-7,9-11H2,1H3. The first-order valence-electron chi connectivity index (χ1n) is 8.37. The third-order valence-corrected chi connectivity index (χ3v) is 4.77. The van der Waals surface area contributed by atoms with Gasteiger partial charge in [0.1, 0.15) is 5.10 Å². The van der Waals surface area contributed by atoms with Crippen LogP contribution in [0.2, 0.25) is 0 Å². The van der Waals surface area contributed by atoms with Gasteiger partial charge in [0, 0.05) is 37.7 Å². The second-order valence-electron chi connectivity index (χ2n) is 6.50. The van der Waals surface area contributed by atoms with Gasteiger partial charge in [-0.15, -0.1) is 0 Å². The molecule has 0 radical (unpaired) electrons. The van der Waals surface area contributed by atoms with Crippen LogP contribution in [0.4, 0.5) is 0 Å². The number of nitro groups is 1. The molecule has 1 amide bonds. The Kier molecular flexibility index (Phi) is 5.14. The quantitative estimate of drug-likeness (QED) is 0.590. The number of rotatable bonds is 4. The number of hydrazone groups is 1. The predicted octanol–water partition coefficient (Wildman–Crippen LogP) is 1.15. The molecule has 3 rings (SSSR count). The zero-order valence-corrected chi connectivity index (χ0v) is 14.4. The molecule has 0 aliphatic carbocycles. The lowest BCUT2D eigenvalue weighted by molar-refractivity contribution is -0.486. The van der Waals surface area contributed by atoms with Crippen molar-refractivity contribution in [2.75, 3.05) is 32.8 Å². The number of ether oxygens (including phenoxy) is 1. The van der Waals surface area contributed by atoms with Crippen molar-refractivity contribution in [3.05, 3.63) is 45.5 Å². The smallest absolute Gasteiger partial charge is 0.281 e. The van der Waals surface area contributed by atoms with E-state index in [-0.39, 0.29) is 17.8 Å². The van der Waals surface area contributed by atoms with Gasteiger partial charge in [0.05, 0.1) is 18.2 Å². The molecule has 2 unspecified atom stereocenters. The molecule has 0 aromatic heterocycles. The van der Waals surface area contributed by atoms with Gasteiger partial charge < -0.3 is 9.64 Å². The molecule has 0 saturated carbocycles. The topological polar surface area (TPSA) is 112 Å². The fourth-order valence-corrected chi connectivity index (χ4v) is 3.21. The molecular formula is C17H19N5O4. The van der Waals surface area contributed by atoms with Crippen LogP contribution in [-0.2, 0) is 4.74 Å². The largest absolute Gasteiger partial charge is 0.381 e. The average Bonchev–Trinajstić information content (AvgIpc) is 3.21. The highest BCUT2D eigenvalue weighted by Crippen LogP contribution is 2.23. The van der Waals surface area contributed by atoms with Crippen LogP contribution in [0, 0.1) is 33.3 Å². The SMILES string of the molecule is CC1COCC1CN1CCN(C(=O)c2ccc(C#N)cc2)C1=N[N+](=O)[O-]. The van der Waals surface area contributed by atoms with Gasteiger partial charge in [-0.05, 0) is 30.2 Å². The second kappa shape index (κ2) is 7.49. The van der Waals surface area contributed by atoms with E-state index in [1.54, 1.807) is 29.2 Å². The van der Waals surface area contributed by atoms with Gasteiger partial charge in [0.25, 0.3) is 11.9 Å². The normalized spacial score (nSPS) is 24.1. The minimum atomic E-state index is -0.776. The van der Waals surface area contributed by atoms with Crippen molar-refractivity contribution >= 4 is 11.9 Å². The summed E-state index contributed by atoms with van der Waals surface area (Å²) in [7, 11) is 0. The van der Waals surface area contributed by atoms with E-state index in [2.05, 4.69) is 12.0 Å². The summed E-state index contributed by atoms with van der Waals surface area (Å²) in [6.07, 6.45) is 0. The van der Waals surface area contributed by atoms with E-state index in [9.17, 15) is 14.9 Å². The van der Waals surface area contributed by atoms with Crippen LogP contribution in [0.1, 0.15) is 22.8 Å². The number of amides is 1. The minimum absolute atomic E-state index is 0.0588. The second-order valence-corrected chi connectivity index (χ2v) is 6.50. The van der Waals surface area contributed by atoms with Crippen LogP contribution >= 0.6 is 0 Å². The summed E-state index contributed by atoms with van der Waals surface area (Å²) < 4.78 is 5.45. The Labute approximate surface area is 150 Å². The molecule has 0 spiro atoms. The van der Waals surface area contributed by atoms with Crippen LogP contribution < -0.4 is 0 Å². The summed E-state index contributed by atoms with van der Waals surface area (Å²) in [5.74, 6) is 0.295. The first-order valence-corrected chi connectivity index (χ1v) is 8.37. The Hall–Kier alpha value is -2.99. The average molecular weight is 357 g/mol. The highest BCUT2D eigenvalue weighted by atomic mass is 16.7. The highest BCUT2D eigenvalue weighted by molar-refractivity contribution is 6.06. The molecule has 2 aliphatic heterocycles. The Morgan fingerprint density at radius 3 is 2.69 bits per heavy atom. The number of nitrogens with zero attached hydrogens (tertiary/aromatic N) is 5. The number of guanidine groups is 1. The fourth-order valence-electron chi connectivity index (χ4n) is 3.21. The molecule has 1 aromatic carbocycles. The van der Waals surface area contributed by atoms with E-state index in [1.807, 2.05) is 6.07 Å². The lowest BCUT2D eigenvalue weighted by Crippen LogP contribution is -2.41. The van der Waals surface area contributed by atoms with E-state index < -0.39 is 5.03 Å². The number of hydrogen-bond donors (Lipinski definition) is 0. The maximum absolute atomic E-state index is 12.8. The van der Waals surface area contributed by atoms with Crippen molar-refractivity contribution < 1.29 is 14.6 Å². The van der Waals surface area contributed by atoms with Crippen LogP contribution in [0.5, 0.6) is 0 Å². The van der Waals surface area contributed by atoms with E-state index in [4.69, 9.17) is 10.00 Å². The van der Waals surface area contributed by atoms with Gasteiger partial charge >= 0.3 is 0 Å². The van der Waals surface area contributed by atoms with Crippen molar-refractivity contribution in [1.29, 1.82) is 5.26 Å². The number of carbonyl (C=O) groups excluding carboxylic acids is 1. The molecule has 26 heavy (non-hydrogen) atoms. The molecule has 1 aromatic rings. The van der Waals surface area contributed by atoms with Crippen molar-refractivity contribution in [2.45, 2.75) is 6.92 Å². The molecule has 136 valence electrons. The van der Waals surface area contributed by atoms with Gasteiger partial charge in [-0.1, -0.05) is 6.92 Å². The van der Waals surface area contributed by atoms with Crippen molar-refractivity contribution in [3.63, 3.8) is 0 Å². The molecule has 0 N–H and O–H groups in total. The highest BCUT2D eigenvalue weighted by Gasteiger charge is 2.37. The summed E-state index contributed by atoms with van der Waals surface area (Å²) in [5, 5.41) is 22.5. The number of nitriles is 1. The molecule has 0 bridgehead atoms. The number of hydrogen-bond acceptors (Lipinski definition) is 5. The molecule has 2 saturated heterocycles. The van der Waals surface area contributed by atoms with Crippen LogP contribution in [0.3, 0.4) is 0 Å². The maximum Gasteiger partial charge on any atom is 0.281 e. The predicted molar refractivity (Wildman–Crippen MR) is 91.7 cm³/mol. The van der Waals surface area contributed by atoms with Gasteiger partial charge in [-0.3, -0.25) is 9.69 Å². The zero-order chi connectivity index (χ0) is 18.7. The Bertz CT molecular complexity index is 770. The first kappa shape index (κ1) is 17.8. The lowest BCUT2D eigenvalue weighted by Gasteiger charge is -2.23. The zero-order valence-electron chi connectivity index (χ0n) is 14.4. The molecule has 2 heterocycles. The van der Waals surface area contributed by atoms with Crippen molar-refractivity contribution in [3.8, 4) is 6.07 Å². The van der Waals surface area contributed by atoms with Crippen LogP contribution in [0.25, 0.3) is 0 Å². The molecule has 9 heteroatoms. The summed E-state index contributed by atoms with van der Waals surface area (Å²) in [5.41, 5.74) is 0.804. The summed E-state index contributed by atoms with van der Waals surface area (Å²) in [4.78, 5) is 26.9. The minimum Gasteiger partial charge on any atom is -0.381 e. The first-order chi connectivity index (χ1) is 12.5.